The third-order valence-electron chi connectivity index (χ3n) is 8.75. The molecule has 4 aliphatic carbocycles. The Balaban J connectivity index is 0.000000323. The molecule has 0 heterocycles. The summed E-state index contributed by atoms with van der Waals surface area (Å²) in [5.74, 6) is 2.40. The molecule has 36 heavy (non-hydrogen) atoms. The Hall–Kier alpha value is -2.94. The van der Waals surface area contributed by atoms with Crippen LogP contribution < -0.4 is 0 Å². The largest absolute Gasteiger partial charge is 0.508 e. The van der Waals surface area contributed by atoms with Crippen molar-refractivity contribution in [2.24, 2.45) is 0 Å². The van der Waals surface area contributed by atoms with Gasteiger partial charge < -0.3 is 15.3 Å². The number of phenolic OH excluding ortho intramolecular Hbond substituents is 3. The molecule has 0 bridgehead atoms. The van der Waals surface area contributed by atoms with E-state index in [-0.39, 0.29) is 0 Å². The number of aryl methyl sites for hydroxylation is 2. The van der Waals surface area contributed by atoms with Crippen LogP contribution in [0.2, 0.25) is 0 Å². The Morgan fingerprint density at radius 1 is 0.583 bits per heavy atom. The van der Waals surface area contributed by atoms with Crippen LogP contribution in [-0.2, 0) is 6.42 Å². The van der Waals surface area contributed by atoms with Crippen molar-refractivity contribution in [3.05, 3.63) is 86.3 Å². The molecule has 3 N–H and O–H groups in total. The maximum atomic E-state index is 10.6. The third kappa shape index (κ3) is 5.12. The zero-order valence-electron chi connectivity index (χ0n) is 21.8. The second-order valence-electron chi connectivity index (χ2n) is 11.3. The van der Waals surface area contributed by atoms with Crippen molar-refractivity contribution >= 4 is 0 Å². The van der Waals surface area contributed by atoms with E-state index in [1.807, 2.05) is 24.3 Å². The second-order valence-corrected chi connectivity index (χ2v) is 11.3. The number of hydrogen-bond acceptors (Lipinski definition) is 3. The Labute approximate surface area is 215 Å². The molecule has 2 fully saturated rings. The van der Waals surface area contributed by atoms with Crippen LogP contribution in [-0.4, -0.2) is 15.3 Å². The fourth-order valence-corrected chi connectivity index (χ4v) is 6.35. The third-order valence-corrected chi connectivity index (χ3v) is 8.75. The molecule has 3 heteroatoms. The van der Waals surface area contributed by atoms with Gasteiger partial charge in [0.25, 0.3) is 0 Å². The fourth-order valence-electron chi connectivity index (χ4n) is 6.35. The Morgan fingerprint density at radius 2 is 1.06 bits per heavy atom. The van der Waals surface area contributed by atoms with Crippen LogP contribution in [0.5, 0.6) is 17.2 Å². The summed E-state index contributed by atoms with van der Waals surface area (Å²) < 4.78 is 0. The Morgan fingerprint density at radius 3 is 1.36 bits per heavy atom. The van der Waals surface area contributed by atoms with Crippen LogP contribution in [0.25, 0.3) is 0 Å². The molecule has 2 saturated carbocycles. The maximum absolute atomic E-state index is 10.6. The summed E-state index contributed by atoms with van der Waals surface area (Å²) in [5, 5.41) is 32.1. The molecule has 190 valence electrons. The standard InChI is InChI=1S/C27H36O2.C6H4O/c1-18-13-26(28)24(20-9-5-3-6-10-20)16-22(18)15-23-17-25(27(29)14-19(23)2)21-11-7-4-8-12-21;7-6-3-4-1-2-5(4)6/h13-14,16-17,20-21,28-29H,3-12,15H2,1-2H3;1-3,7H. The van der Waals surface area contributed by atoms with Crippen LogP contribution in [0.1, 0.15) is 109 Å². The molecule has 0 aliphatic heterocycles. The van der Waals surface area contributed by atoms with Gasteiger partial charge in [-0.15, -0.1) is 0 Å². The quantitative estimate of drug-likeness (QED) is 0.272. The van der Waals surface area contributed by atoms with Gasteiger partial charge >= 0.3 is 0 Å². The van der Waals surface area contributed by atoms with Crippen LogP contribution >= 0.6 is 0 Å². The van der Waals surface area contributed by atoms with Gasteiger partial charge in [-0.05, 0) is 115 Å². The first-order valence-electron chi connectivity index (χ1n) is 13.9. The minimum Gasteiger partial charge on any atom is -0.508 e. The van der Waals surface area contributed by atoms with E-state index in [1.165, 1.54) is 80.6 Å². The van der Waals surface area contributed by atoms with Crippen molar-refractivity contribution in [1.82, 2.24) is 0 Å². The van der Waals surface area contributed by atoms with Crippen molar-refractivity contribution in [2.75, 3.05) is 0 Å². The highest BCUT2D eigenvalue weighted by Crippen LogP contribution is 2.41. The van der Waals surface area contributed by atoms with Crippen molar-refractivity contribution in [2.45, 2.75) is 96.3 Å². The van der Waals surface area contributed by atoms with E-state index in [9.17, 15) is 10.2 Å². The second kappa shape index (κ2) is 10.6. The first-order valence-corrected chi connectivity index (χ1v) is 13.9. The fraction of sp³-hybridized carbons (Fsp3) is 0.455. The first-order chi connectivity index (χ1) is 17.4. The molecule has 3 nitrogen and oxygen atoms in total. The zero-order chi connectivity index (χ0) is 25.2. The summed E-state index contributed by atoms with van der Waals surface area (Å²) in [6.45, 7) is 4.22. The van der Waals surface area contributed by atoms with Crippen LogP contribution in [0.4, 0.5) is 0 Å². The average Bonchev–Trinajstić information content (AvgIpc) is 2.87. The molecule has 0 spiro atoms. The average molecular weight is 485 g/mol. The lowest BCUT2D eigenvalue weighted by Crippen LogP contribution is -2.08. The molecule has 4 aliphatic rings. The normalized spacial score (nSPS) is 17.4. The van der Waals surface area contributed by atoms with E-state index in [2.05, 4.69) is 26.0 Å². The molecule has 2 aromatic rings. The smallest absolute Gasteiger partial charge is 0.124 e. The summed E-state index contributed by atoms with van der Waals surface area (Å²) in [5.41, 5.74) is 7.24. The lowest BCUT2D eigenvalue weighted by atomic mass is 9.81. The van der Waals surface area contributed by atoms with E-state index >= 15 is 0 Å². The summed E-state index contributed by atoms with van der Waals surface area (Å²) in [6.07, 6.45) is 13.4. The predicted octanol–water partition coefficient (Wildman–Crippen LogP) is 8.39. The van der Waals surface area contributed by atoms with Gasteiger partial charge in [0, 0.05) is 5.22 Å². The van der Waals surface area contributed by atoms with Gasteiger partial charge in [-0.25, -0.2) is 0 Å². The van der Waals surface area contributed by atoms with Crippen molar-refractivity contribution in [3.8, 4) is 17.2 Å². The van der Waals surface area contributed by atoms with Gasteiger partial charge in [0.05, 0.1) is 0 Å². The SMILES string of the molecule is Cc1cc(O)c(C2CCCCC2)cc1Cc1cc(C2CCCCC2)c(O)cc1C.Oc1cc2ccc1=2. The number of benzene rings is 3. The lowest BCUT2D eigenvalue weighted by molar-refractivity contribution is 0.413. The topological polar surface area (TPSA) is 60.7 Å². The van der Waals surface area contributed by atoms with Gasteiger partial charge in [-0.2, -0.15) is 0 Å². The van der Waals surface area contributed by atoms with Gasteiger partial charge in [0.15, 0.2) is 0 Å². The summed E-state index contributed by atoms with van der Waals surface area (Å²) in [4.78, 5) is 0. The highest BCUT2D eigenvalue weighted by Gasteiger charge is 2.22. The highest BCUT2D eigenvalue weighted by molar-refractivity contribution is 5.49. The molecule has 0 aromatic heterocycles. The van der Waals surface area contributed by atoms with E-state index < -0.39 is 0 Å². The predicted molar refractivity (Wildman–Crippen MR) is 146 cm³/mol. The van der Waals surface area contributed by atoms with Crippen LogP contribution in [0, 0.1) is 24.3 Å². The van der Waals surface area contributed by atoms with Gasteiger partial charge in [-0.1, -0.05) is 62.8 Å². The molecule has 0 unspecified atom stereocenters. The van der Waals surface area contributed by atoms with E-state index in [4.69, 9.17) is 5.11 Å². The van der Waals surface area contributed by atoms with Gasteiger partial charge in [0.2, 0.25) is 0 Å². The van der Waals surface area contributed by atoms with Gasteiger partial charge in [0.1, 0.15) is 17.2 Å². The Kier molecular flexibility index (Phi) is 7.27. The molecular weight excluding hydrogens is 444 g/mol. The monoisotopic (exact) mass is 484 g/mol. The number of aromatic hydroxyl groups is 3. The minimum absolute atomic E-state index is 0.442. The van der Waals surface area contributed by atoms with E-state index in [1.54, 1.807) is 6.07 Å². The molecule has 0 saturated heterocycles. The van der Waals surface area contributed by atoms with Crippen LogP contribution in [0.3, 0.4) is 0 Å². The molecular formula is C33H40O3. The van der Waals surface area contributed by atoms with E-state index in [0.29, 0.717) is 29.1 Å². The van der Waals surface area contributed by atoms with E-state index in [0.717, 1.165) is 33.9 Å². The van der Waals surface area contributed by atoms with Crippen LogP contribution in [0.15, 0.2) is 42.5 Å². The van der Waals surface area contributed by atoms with Crippen molar-refractivity contribution < 1.29 is 15.3 Å². The summed E-state index contributed by atoms with van der Waals surface area (Å²) in [7, 11) is 0. The first kappa shape index (κ1) is 24.7. The highest BCUT2D eigenvalue weighted by atomic mass is 16.3. The maximum Gasteiger partial charge on any atom is 0.124 e. The molecule has 0 atom stereocenters. The number of phenols is 3. The molecule has 0 radical (unpaired) electrons. The molecule has 2 aromatic carbocycles. The Bertz CT molecular complexity index is 1260. The minimum atomic E-state index is 0.442. The van der Waals surface area contributed by atoms with Crippen molar-refractivity contribution in [1.29, 1.82) is 0 Å². The number of hydrogen-bond donors (Lipinski definition) is 3. The lowest BCUT2D eigenvalue weighted by Gasteiger charge is -2.25. The summed E-state index contributed by atoms with van der Waals surface area (Å²) in [6, 6.07) is 14.1. The molecule has 0 amide bonds. The summed E-state index contributed by atoms with van der Waals surface area (Å²) >= 11 is 0. The van der Waals surface area contributed by atoms with Crippen molar-refractivity contribution in [3.63, 3.8) is 0 Å². The zero-order valence-corrected chi connectivity index (χ0v) is 21.8. The molecule has 6 rings (SSSR count). The van der Waals surface area contributed by atoms with Gasteiger partial charge in [-0.3, -0.25) is 0 Å². The number of rotatable bonds is 4.